The summed E-state index contributed by atoms with van der Waals surface area (Å²) in [7, 11) is 2.38. The Labute approximate surface area is 67.0 Å². The Morgan fingerprint density at radius 2 is 2.12 bits per heavy atom. The highest BCUT2D eigenvalue weighted by Crippen LogP contribution is 2.07. The molecule has 0 spiro atoms. The molecule has 0 rings (SSSR count). The topological polar surface area (TPSA) is 0 Å². The molecule has 0 aromatic rings. The van der Waals surface area contributed by atoms with E-state index in [0.717, 1.165) is 10.3 Å². The highest BCUT2D eigenvalue weighted by Gasteiger charge is 2.08. The molecule has 8 heavy (non-hydrogen) atoms. The van der Waals surface area contributed by atoms with Crippen LogP contribution >= 0.6 is 22.4 Å². The number of hydrogen-bond donors (Lipinski definition) is 0. The van der Waals surface area contributed by atoms with E-state index >= 15 is 0 Å². The largest absolute Gasteiger partial charge is 0.177 e. The van der Waals surface area contributed by atoms with E-state index in [-0.39, 0.29) is 0 Å². The predicted octanol–water partition coefficient (Wildman–Crippen LogP) is 2.46. The van der Waals surface area contributed by atoms with Crippen LogP contribution in [0.5, 0.6) is 0 Å². The maximum atomic E-state index is 2.47. The summed E-state index contributed by atoms with van der Waals surface area (Å²) >= 11 is 2.47. The minimum Gasteiger partial charge on any atom is -0.161 e. The molecule has 0 aromatic heterocycles. The van der Waals surface area contributed by atoms with E-state index < -0.39 is 0 Å². The summed E-state index contributed by atoms with van der Waals surface area (Å²) in [5.74, 6) is 0.747. The third-order valence-corrected chi connectivity index (χ3v) is 2.28. The molecule has 0 saturated heterocycles. The Bertz CT molecular complexity index is 56.4. The van der Waals surface area contributed by atoms with Gasteiger partial charge in [0, 0.05) is 0 Å². The van der Waals surface area contributed by atoms with Crippen LogP contribution in [-0.2, 0) is 0 Å². The fraction of sp³-hybridized carbons (Fsp3) is 1.00. The predicted molar refractivity (Wildman–Crippen MR) is 51.1 cm³/mol. The van der Waals surface area contributed by atoms with Gasteiger partial charge in [-0.15, -0.1) is 0 Å². The molecule has 0 aliphatic carbocycles. The van der Waals surface area contributed by atoms with Crippen LogP contribution < -0.4 is 0 Å². The Morgan fingerprint density at radius 3 is 2.25 bits per heavy atom. The molecule has 0 saturated carbocycles. The van der Waals surface area contributed by atoms with Crippen molar-refractivity contribution in [2.45, 2.75) is 32.9 Å². The summed E-state index contributed by atoms with van der Waals surface area (Å²) in [5, 5.41) is 0. The molecule has 0 amide bonds. The van der Waals surface area contributed by atoms with Gasteiger partial charge in [-0.3, -0.25) is 0 Å². The molecule has 0 fully saturated rings. The van der Waals surface area contributed by atoms with E-state index in [9.17, 15) is 0 Å². The van der Waals surface area contributed by atoms with Gasteiger partial charge in [0.05, 0.1) is 7.17 Å². The van der Waals surface area contributed by atoms with Crippen molar-refractivity contribution in [2.75, 3.05) is 0 Å². The second kappa shape index (κ2) is 4.71. The molecular formula is C5H12B2I. The molecule has 3 heteroatoms. The minimum atomic E-state index is 0.747. The molecule has 1 radical (unpaired) electrons. The lowest BCUT2D eigenvalue weighted by Gasteiger charge is -2.02. The van der Waals surface area contributed by atoms with Gasteiger partial charge < -0.3 is 0 Å². The fourth-order valence-electron chi connectivity index (χ4n) is 0.554. The van der Waals surface area contributed by atoms with Crippen molar-refractivity contribution < 1.29 is 0 Å². The van der Waals surface area contributed by atoms with Gasteiger partial charge in [0.2, 0.25) is 0 Å². The molecule has 0 N–H and O–H groups in total. The van der Waals surface area contributed by atoms with Crippen LogP contribution in [0, 0.1) is 0 Å². The third-order valence-electron chi connectivity index (χ3n) is 0.984. The lowest BCUT2D eigenvalue weighted by Crippen LogP contribution is -2.14. The van der Waals surface area contributed by atoms with Crippen LogP contribution in [0.4, 0.5) is 0 Å². The Hall–Kier alpha value is 0.860. The smallest absolute Gasteiger partial charge is 0.161 e. The first-order chi connectivity index (χ1) is 3.66. The van der Waals surface area contributed by atoms with Crippen LogP contribution in [0.1, 0.15) is 20.8 Å². The third kappa shape index (κ3) is 5.01. The standard InChI is InChI=1S/C5H12B2I/c1-4-7(8)6-5(2)3/h5H,4H2,1-3H3. The summed E-state index contributed by atoms with van der Waals surface area (Å²) in [6.45, 7) is 6.67. The quantitative estimate of drug-likeness (QED) is 0.506. The van der Waals surface area contributed by atoms with Crippen LogP contribution in [0.15, 0.2) is 0 Å². The molecular weight excluding hydrogens is 209 g/mol. The Morgan fingerprint density at radius 1 is 1.62 bits per heavy atom. The lowest BCUT2D eigenvalue weighted by atomic mass is 9.33. The second-order valence-corrected chi connectivity index (χ2v) is 3.96. The van der Waals surface area contributed by atoms with Gasteiger partial charge in [0.25, 0.3) is 0 Å². The molecule has 0 aliphatic heterocycles. The first-order valence-electron chi connectivity index (χ1n) is 3.15. The van der Waals surface area contributed by atoms with Crippen molar-refractivity contribution in [3.8, 4) is 0 Å². The summed E-state index contributed by atoms with van der Waals surface area (Å²) in [4.78, 5) is 0. The Balaban J connectivity index is 3.10. The molecule has 0 heterocycles. The van der Waals surface area contributed by atoms with Crippen LogP contribution in [-0.4, -0.2) is 11.6 Å². The highest BCUT2D eigenvalue weighted by molar-refractivity contribution is 14.1. The van der Waals surface area contributed by atoms with Crippen molar-refractivity contribution in [3.63, 3.8) is 0 Å². The first-order valence-corrected chi connectivity index (χ1v) is 4.40. The normalized spacial score (nSPS) is 9.62. The van der Waals surface area contributed by atoms with Gasteiger partial charge in [-0.2, -0.15) is 22.4 Å². The van der Waals surface area contributed by atoms with E-state index in [0.29, 0.717) is 0 Å². The summed E-state index contributed by atoms with van der Waals surface area (Å²) in [5.41, 5.74) is 0. The molecule has 0 unspecified atom stereocenters. The molecule has 0 aromatic carbocycles. The molecule has 0 aliphatic rings. The van der Waals surface area contributed by atoms with Crippen molar-refractivity contribution >= 4 is 34.0 Å². The van der Waals surface area contributed by atoms with Crippen LogP contribution in [0.3, 0.4) is 0 Å². The van der Waals surface area contributed by atoms with Crippen molar-refractivity contribution in [1.29, 1.82) is 0 Å². The summed E-state index contributed by atoms with van der Waals surface area (Å²) < 4.78 is 0.771. The van der Waals surface area contributed by atoms with Crippen LogP contribution in [0.2, 0.25) is 12.1 Å². The lowest BCUT2D eigenvalue weighted by molar-refractivity contribution is 1.07. The van der Waals surface area contributed by atoms with E-state index in [1.807, 2.05) is 0 Å². The average molecular weight is 221 g/mol. The summed E-state index contributed by atoms with van der Waals surface area (Å²) in [6, 6.07) is 0. The van der Waals surface area contributed by atoms with Gasteiger partial charge in [0.15, 0.2) is 4.46 Å². The number of rotatable bonds is 3. The van der Waals surface area contributed by atoms with Gasteiger partial charge in [-0.1, -0.05) is 32.9 Å². The fourth-order valence-corrected chi connectivity index (χ4v) is 1.38. The van der Waals surface area contributed by atoms with Crippen molar-refractivity contribution in [3.05, 3.63) is 0 Å². The van der Waals surface area contributed by atoms with E-state index in [1.54, 1.807) is 0 Å². The molecule has 0 nitrogen and oxygen atoms in total. The first kappa shape index (κ1) is 8.86. The van der Waals surface area contributed by atoms with Crippen molar-refractivity contribution in [2.24, 2.45) is 0 Å². The average Bonchev–Trinajstić information content (AvgIpc) is 1.65. The second-order valence-electron chi connectivity index (χ2n) is 2.36. The van der Waals surface area contributed by atoms with E-state index in [4.69, 9.17) is 0 Å². The van der Waals surface area contributed by atoms with Crippen LogP contribution in [0.25, 0.3) is 0 Å². The van der Waals surface area contributed by atoms with E-state index in [2.05, 4.69) is 50.3 Å². The van der Waals surface area contributed by atoms with Gasteiger partial charge in [-0.05, 0) is 0 Å². The Kier molecular flexibility index (Phi) is 5.22. The maximum absolute atomic E-state index is 2.47. The minimum absolute atomic E-state index is 0.747. The van der Waals surface area contributed by atoms with E-state index in [1.165, 1.54) is 6.32 Å². The zero-order chi connectivity index (χ0) is 6.57. The van der Waals surface area contributed by atoms with Crippen molar-refractivity contribution in [1.82, 2.24) is 0 Å². The highest BCUT2D eigenvalue weighted by atomic mass is 127. The van der Waals surface area contributed by atoms with Gasteiger partial charge in [0.1, 0.15) is 0 Å². The maximum Gasteiger partial charge on any atom is 0.177 e. The molecule has 0 bridgehead atoms. The zero-order valence-corrected chi connectivity index (χ0v) is 7.97. The molecule has 0 atom stereocenters. The monoisotopic (exact) mass is 221 g/mol. The zero-order valence-electron chi connectivity index (χ0n) is 5.82. The number of halogens is 1. The summed E-state index contributed by atoms with van der Waals surface area (Å²) in [6.07, 6.45) is 1.26. The van der Waals surface area contributed by atoms with Gasteiger partial charge >= 0.3 is 0 Å². The SMILES string of the molecule is CCB(I)[B]C(C)C. The number of hydrogen-bond acceptors (Lipinski definition) is 0. The van der Waals surface area contributed by atoms with Gasteiger partial charge in [-0.25, -0.2) is 0 Å². The molecule has 45 valence electrons.